The highest BCUT2D eigenvalue weighted by Gasteiger charge is 2.43. The van der Waals surface area contributed by atoms with Gasteiger partial charge in [-0.15, -0.1) is 0 Å². The Kier molecular flexibility index (Phi) is 8.02. The SMILES string of the molecule is O=C(COc1ccc(Br)cc1C=C1C(=O)N(c2ccccc2)C(=O)N(c2ccccc2)C1=O)Nc1ccccc1F. The molecule has 1 aliphatic rings. The number of anilines is 3. The van der Waals surface area contributed by atoms with Gasteiger partial charge in [-0.25, -0.2) is 19.0 Å². The molecule has 0 bridgehead atoms. The Morgan fingerprint density at radius 1 is 0.805 bits per heavy atom. The molecule has 1 N–H and O–H groups in total. The molecule has 4 aromatic carbocycles. The van der Waals surface area contributed by atoms with Gasteiger partial charge < -0.3 is 10.1 Å². The zero-order chi connectivity index (χ0) is 28.9. The summed E-state index contributed by atoms with van der Waals surface area (Å²) in [5.74, 6) is -2.66. The molecule has 5 amide bonds. The molecule has 0 saturated carbocycles. The number of nitrogens with one attached hydrogen (secondary N) is 1. The van der Waals surface area contributed by atoms with Crippen LogP contribution in [-0.4, -0.2) is 30.4 Å². The summed E-state index contributed by atoms with van der Waals surface area (Å²) in [7, 11) is 0. The second-order valence-corrected chi connectivity index (χ2v) is 9.71. The number of urea groups is 1. The van der Waals surface area contributed by atoms with Gasteiger partial charge in [0.2, 0.25) is 0 Å². The van der Waals surface area contributed by atoms with E-state index in [1.165, 1.54) is 24.3 Å². The fourth-order valence-electron chi connectivity index (χ4n) is 4.15. The second kappa shape index (κ2) is 12.0. The van der Waals surface area contributed by atoms with Crippen LogP contribution in [0, 0.1) is 5.82 Å². The van der Waals surface area contributed by atoms with Gasteiger partial charge in [0.05, 0.1) is 17.1 Å². The molecule has 0 aliphatic carbocycles. The molecule has 0 unspecified atom stereocenters. The van der Waals surface area contributed by atoms with Gasteiger partial charge in [0, 0.05) is 10.0 Å². The van der Waals surface area contributed by atoms with E-state index in [1.54, 1.807) is 84.9 Å². The average Bonchev–Trinajstić information content (AvgIpc) is 2.97. The number of hydrogen-bond donors (Lipinski definition) is 1. The zero-order valence-electron chi connectivity index (χ0n) is 21.3. The van der Waals surface area contributed by atoms with Crippen molar-refractivity contribution in [2.24, 2.45) is 0 Å². The van der Waals surface area contributed by atoms with Crippen molar-refractivity contribution < 1.29 is 28.3 Å². The number of imide groups is 2. The van der Waals surface area contributed by atoms with Gasteiger partial charge in [-0.2, -0.15) is 0 Å². The molecule has 0 aromatic heterocycles. The van der Waals surface area contributed by atoms with Crippen LogP contribution < -0.4 is 19.9 Å². The number of nitrogens with zero attached hydrogens (tertiary/aromatic N) is 2. The van der Waals surface area contributed by atoms with Crippen LogP contribution >= 0.6 is 15.9 Å². The lowest BCUT2D eigenvalue weighted by Gasteiger charge is -2.34. The minimum atomic E-state index is -0.818. The van der Waals surface area contributed by atoms with E-state index in [0.29, 0.717) is 10.0 Å². The van der Waals surface area contributed by atoms with Crippen molar-refractivity contribution >= 4 is 62.8 Å². The predicted molar refractivity (Wildman–Crippen MR) is 156 cm³/mol. The zero-order valence-corrected chi connectivity index (χ0v) is 22.9. The summed E-state index contributed by atoms with van der Waals surface area (Å²) in [5.41, 5.74) is 0.584. The van der Waals surface area contributed by atoms with Gasteiger partial charge >= 0.3 is 6.03 Å². The average molecular weight is 614 g/mol. The first kappa shape index (κ1) is 27.5. The molecule has 4 aromatic rings. The van der Waals surface area contributed by atoms with E-state index in [4.69, 9.17) is 4.74 Å². The minimum absolute atomic E-state index is 0.00400. The summed E-state index contributed by atoms with van der Waals surface area (Å²) in [4.78, 5) is 55.1. The molecule has 41 heavy (non-hydrogen) atoms. The first-order valence-electron chi connectivity index (χ1n) is 12.3. The first-order chi connectivity index (χ1) is 19.8. The standard InChI is InChI=1S/C31H21BrFN3O5/c32-21-15-16-27(41-19-28(37)34-26-14-8-7-13-25(26)33)20(17-21)18-24-29(38)35(22-9-3-1-4-10-22)31(40)36(30(24)39)23-11-5-2-6-12-23/h1-18H,19H2,(H,34,37). The van der Waals surface area contributed by atoms with Crippen molar-refractivity contribution in [1.82, 2.24) is 0 Å². The maximum Gasteiger partial charge on any atom is 0.343 e. The predicted octanol–water partition coefficient (Wildman–Crippen LogP) is 6.19. The van der Waals surface area contributed by atoms with Crippen molar-refractivity contribution in [2.45, 2.75) is 0 Å². The van der Waals surface area contributed by atoms with Crippen LogP contribution in [0.2, 0.25) is 0 Å². The molecule has 8 nitrogen and oxygen atoms in total. The minimum Gasteiger partial charge on any atom is -0.483 e. The van der Waals surface area contributed by atoms with E-state index in [-0.39, 0.29) is 28.4 Å². The number of ether oxygens (including phenoxy) is 1. The number of halogens is 2. The van der Waals surface area contributed by atoms with Crippen molar-refractivity contribution in [3.63, 3.8) is 0 Å². The summed E-state index contributed by atoms with van der Waals surface area (Å²) in [6.07, 6.45) is 1.32. The number of amides is 5. The summed E-state index contributed by atoms with van der Waals surface area (Å²) < 4.78 is 20.2. The van der Waals surface area contributed by atoms with Crippen molar-refractivity contribution in [2.75, 3.05) is 21.7 Å². The van der Waals surface area contributed by atoms with E-state index >= 15 is 0 Å². The van der Waals surface area contributed by atoms with Gasteiger partial charge in [0.25, 0.3) is 17.7 Å². The van der Waals surface area contributed by atoms with Crippen LogP contribution in [0.25, 0.3) is 6.08 Å². The van der Waals surface area contributed by atoms with Crippen molar-refractivity contribution in [3.05, 3.63) is 125 Å². The maximum atomic E-state index is 13.9. The van der Waals surface area contributed by atoms with E-state index in [2.05, 4.69) is 21.2 Å². The van der Waals surface area contributed by atoms with Crippen LogP contribution in [0.5, 0.6) is 5.75 Å². The van der Waals surface area contributed by atoms with Gasteiger partial charge in [-0.05, 0) is 60.7 Å². The number of hydrogen-bond acceptors (Lipinski definition) is 5. The smallest absolute Gasteiger partial charge is 0.343 e. The van der Waals surface area contributed by atoms with Crippen molar-refractivity contribution in [3.8, 4) is 5.75 Å². The maximum absolute atomic E-state index is 13.9. The fraction of sp³-hybridized carbons (Fsp3) is 0.0323. The Hall–Kier alpha value is -5.09. The molecule has 1 fully saturated rings. The number of benzene rings is 4. The highest BCUT2D eigenvalue weighted by molar-refractivity contribution is 9.10. The van der Waals surface area contributed by atoms with E-state index < -0.39 is 36.2 Å². The number of carbonyl (C=O) groups excluding carboxylic acids is 4. The third kappa shape index (κ3) is 5.92. The quantitative estimate of drug-likeness (QED) is 0.198. The van der Waals surface area contributed by atoms with Gasteiger partial charge in [-0.3, -0.25) is 14.4 Å². The highest BCUT2D eigenvalue weighted by Crippen LogP contribution is 2.32. The van der Waals surface area contributed by atoms with Crippen LogP contribution in [0.4, 0.5) is 26.2 Å². The second-order valence-electron chi connectivity index (χ2n) is 8.79. The molecular formula is C31H21BrFN3O5. The normalized spacial score (nSPS) is 13.3. The summed E-state index contributed by atoms with van der Waals surface area (Å²) in [6, 6.07) is 26.3. The first-order valence-corrected chi connectivity index (χ1v) is 13.1. The third-order valence-corrected chi connectivity index (χ3v) is 6.55. The molecule has 0 spiro atoms. The number of para-hydroxylation sites is 3. The Labute approximate surface area is 242 Å². The van der Waals surface area contributed by atoms with Crippen LogP contribution in [0.3, 0.4) is 0 Å². The van der Waals surface area contributed by atoms with Crippen LogP contribution in [0.1, 0.15) is 5.56 Å². The largest absolute Gasteiger partial charge is 0.483 e. The third-order valence-electron chi connectivity index (χ3n) is 6.06. The fourth-order valence-corrected chi connectivity index (χ4v) is 4.53. The van der Waals surface area contributed by atoms with Crippen LogP contribution in [0.15, 0.2) is 113 Å². The number of rotatable bonds is 7. The molecule has 1 saturated heterocycles. The number of barbiturate groups is 1. The van der Waals surface area contributed by atoms with E-state index in [0.717, 1.165) is 9.80 Å². The molecule has 204 valence electrons. The lowest BCUT2D eigenvalue weighted by Crippen LogP contribution is -2.57. The van der Waals surface area contributed by atoms with Gasteiger partial charge in [-0.1, -0.05) is 64.5 Å². The highest BCUT2D eigenvalue weighted by atomic mass is 79.9. The Bertz CT molecular complexity index is 1610. The summed E-state index contributed by atoms with van der Waals surface area (Å²) in [5, 5.41) is 2.44. The van der Waals surface area contributed by atoms with Crippen molar-refractivity contribution in [1.29, 1.82) is 0 Å². The Morgan fingerprint density at radius 3 is 1.95 bits per heavy atom. The molecule has 0 atom stereocenters. The molecule has 5 rings (SSSR count). The van der Waals surface area contributed by atoms with Gasteiger partial charge in [0.1, 0.15) is 17.1 Å². The molecule has 10 heteroatoms. The lowest BCUT2D eigenvalue weighted by atomic mass is 10.0. The van der Waals surface area contributed by atoms with Crippen LogP contribution in [-0.2, 0) is 14.4 Å². The summed E-state index contributed by atoms with van der Waals surface area (Å²) >= 11 is 3.38. The van der Waals surface area contributed by atoms with Gasteiger partial charge in [0.15, 0.2) is 6.61 Å². The molecule has 0 radical (unpaired) electrons. The Balaban J connectivity index is 1.50. The molecule has 1 aliphatic heterocycles. The monoisotopic (exact) mass is 613 g/mol. The Morgan fingerprint density at radius 2 is 1.37 bits per heavy atom. The van der Waals surface area contributed by atoms with E-state index in [9.17, 15) is 23.6 Å². The molecule has 1 heterocycles. The van der Waals surface area contributed by atoms with E-state index in [1.807, 2.05) is 0 Å². The lowest BCUT2D eigenvalue weighted by molar-refractivity contribution is -0.121. The topological polar surface area (TPSA) is 96.0 Å². The summed E-state index contributed by atoms with van der Waals surface area (Å²) in [6.45, 7) is -0.473. The number of carbonyl (C=O) groups is 4. The molecular weight excluding hydrogens is 593 g/mol.